The summed E-state index contributed by atoms with van der Waals surface area (Å²) in [6.45, 7) is 14.5. The van der Waals surface area contributed by atoms with Gasteiger partial charge in [-0.25, -0.2) is 24.0 Å². The normalized spacial score (nSPS) is 11.9. The Balaban J connectivity index is 3.24. The lowest BCUT2D eigenvalue weighted by molar-refractivity contribution is 0.0529. The van der Waals surface area contributed by atoms with Gasteiger partial charge in [-0.3, -0.25) is 0 Å². The van der Waals surface area contributed by atoms with Crippen molar-refractivity contribution in [3.63, 3.8) is 0 Å². The average molecular weight is 420 g/mol. The van der Waals surface area contributed by atoms with Gasteiger partial charge >= 0.3 is 12.2 Å². The number of rotatable bonds is 7. The molecule has 0 saturated heterocycles. The van der Waals surface area contributed by atoms with E-state index in [4.69, 9.17) is 15.9 Å². The number of unbranched alkanes of at least 4 members (excludes halogenated alkanes) is 3. The summed E-state index contributed by atoms with van der Waals surface area (Å²) in [7, 11) is 0. The Hall–Kier alpha value is -2.49. The Morgan fingerprint density at radius 2 is 1.70 bits per heavy atom. The Morgan fingerprint density at radius 3 is 2.20 bits per heavy atom. The molecule has 0 N–H and O–H groups in total. The Morgan fingerprint density at radius 1 is 1.10 bits per heavy atom. The third-order valence-electron chi connectivity index (χ3n) is 3.90. The Bertz CT molecular complexity index is 761. The average Bonchev–Trinajstić information content (AvgIpc) is 2.95. The number of imidazole rings is 1. The van der Waals surface area contributed by atoms with Crippen molar-refractivity contribution >= 4 is 18.1 Å². The number of aryl methyl sites for hydroxylation is 1. The molecule has 1 aromatic heterocycles. The second-order valence-electron chi connectivity index (χ2n) is 9.59. The molecule has 0 fully saturated rings. The number of ether oxygens (including phenoxy) is 2. The molecule has 0 atom stereocenters. The predicted octanol–water partition coefficient (Wildman–Crippen LogP) is 5.55. The van der Waals surface area contributed by atoms with Crippen molar-refractivity contribution in [1.82, 2.24) is 9.55 Å². The summed E-state index contributed by atoms with van der Waals surface area (Å²) in [5.74, 6) is 2.84. The summed E-state index contributed by atoms with van der Waals surface area (Å²) < 4.78 is 12.4. The molecule has 0 aliphatic heterocycles. The smallest absolute Gasteiger partial charge is 0.421 e. The summed E-state index contributed by atoms with van der Waals surface area (Å²) >= 11 is 0. The fourth-order valence-electron chi connectivity index (χ4n) is 2.70. The van der Waals surface area contributed by atoms with Crippen molar-refractivity contribution in [2.75, 3.05) is 4.90 Å². The molecule has 1 aromatic rings. The predicted molar refractivity (Wildman–Crippen MR) is 119 cm³/mol. The number of aromatic nitrogens is 2. The molecule has 0 radical (unpaired) electrons. The number of terminal acetylenes is 1. The van der Waals surface area contributed by atoms with E-state index in [2.05, 4.69) is 10.9 Å². The topological polar surface area (TPSA) is 73.7 Å². The second kappa shape index (κ2) is 10.5. The number of hydrogen-bond acceptors (Lipinski definition) is 5. The van der Waals surface area contributed by atoms with Crippen LogP contribution >= 0.6 is 0 Å². The van der Waals surface area contributed by atoms with Crippen LogP contribution in [0.5, 0.6) is 0 Å². The van der Waals surface area contributed by atoms with Gasteiger partial charge in [0.05, 0.1) is 5.69 Å². The molecular weight excluding hydrogens is 382 g/mol. The first-order valence-electron chi connectivity index (χ1n) is 10.5. The molecule has 7 nitrogen and oxygen atoms in total. The third kappa shape index (κ3) is 8.48. The van der Waals surface area contributed by atoms with E-state index in [9.17, 15) is 9.59 Å². The van der Waals surface area contributed by atoms with E-state index in [0.717, 1.165) is 25.7 Å². The zero-order valence-electron chi connectivity index (χ0n) is 19.7. The van der Waals surface area contributed by atoms with Crippen molar-refractivity contribution < 1.29 is 19.1 Å². The molecule has 0 aliphatic rings. The van der Waals surface area contributed by atoms with Crippen LogP contribution in [0.2, 0.25) is 0 Å². The number of anilines is 1. The van der Waals surface area contributed by atoms with Crippen LogP contribution in [0.25, 0.3) is 0 Å². The number of amides is 1. The molecule has 1 rings (SSSR count). The van der Waals surface area contributed by atoms with Gasteiger partial charge in [0.1, 0.15) is 11.2 Å². The summed E-state index contributed by atoms with van der Waals surface area (Å²) in [4.78, 5) is 31.7. The van der Waals surface area contributed by atoms with E-state index >= 15 is 0 Å². The third-order valence-corrected chi connectivity index (χ3v) is 3.90. The van der Waals surface area contributed by atoms with E-state index in [0.29, 0.717) is 12.1 Å². The molecule has 0 aromatic carbocycles. The molecular formula is C23H37N3O4. The highest BCUT2D eigenvalue weighted by Crippen LogP contribution is 2.23. The SMILES string of the molecule is C#CCCCCCc1cn(C(=O)OC(C)(C)C)c(N(C(=O)OC(C)(C)C)C(C)C)n1. The first-order valence-corrected chi connectivity index (χ1v) is 10.5. The van der Waals surface area contributed by atoms with Crippen LogP contribution in [0, 0.1) is 12.3 Å². The summed E-state index contributed by atoms with van der Waals surface area (Å²) in [6, 6.07) is -0.271. The molecule has 1 amide bonds. The molecule has 0 unspecified atom stereocenters. The van der Waals surface area contributed by atoms with Crippen LogP contribution in [0.15, 0.2) is 6.20 Å². The van der Waals surface area contributed by atoms with Crippen LogP contribution in [0.3, 0.4) is 0 Å². The van der Waals surface area contributed by atoms with Crippen LogP contribution in [-0.2, 0) is 15.9 Å². The van der Waals surface area contributed by atoms with Crippen LogP contribution in [0.4, 0.5) is 15.5 Å². The van der Waals surface area contributed by atoms with E-state index in [-0.39, 0.29) is 12.0 Å². The maximum absolute atomic E-state index is 12.9. The second-order valence-corrected chi connectivity index (χ2v) is 9.59. The molecule has 7 heteroatoms. The first kappa shape index (κ1) is 25.5. The summed E-state index contributed by atoms with van der Waals surface area (Å²) in [6.07, 6.45) is 10.0. The zero-order valence-corrected chi connectivity index (χ0v) is 19.7. The van der Waals surface area contributed by atoms with Gasteiger partial charge in [-0.1, -0.05) is 6.42 Å². The maximum Gasteiger partial charge on any atom is 0.421 e. The van der Waals surface area contributed by atoms with Crippen molar-refractivity contribution in [3.05, 3.63) is 11.9 Å². The van der Waals surface area contributed by atoms with E-state index < -0.39 is 23.4 Å². The van der Waals surface area contributed by atoms with Gasteiger partial charge in [-0.05, 0) is 74.7 Å². The van der Waals surface area contributed by atoms with Crippen LogP contribution < -0.4 is 4.90 Å². The van der Waals surface area contributed by atoms with Gasteiger partial charge in [0.2, 0.25) is 5.95 Å². The van der Waals surface area contributed by atoms with Crippen LogP contribution in [-0.4, -0.2) is 39.0 Å². The van der Waals surface area contributed by atoms with Gasteiger partial charge in [0, 0.05) is 18.7 Å². The zero-order chi connectivity index (χ0) is 23.1. The summed E-state index contributed by atoms with van der Waals surface area (Å²) in [5, 5.41) is 0. The van der Waals surface area contributed by atoms with Gasteiger partial charge < -0.3 is 9.47 Å². The molecule has 168 valence electrons. The summed E-state index contributed by atoms with van der Waals surface area (Å²) in [5.41, 5.74) is -0.637. The lowest BCUT2D eigenvalue weighted by atomic mass is 10.1. The molecule has 1 heterocycles. The first-order chi connectivity index (χ1) is 13.7. The van der Waals surface area contributed by atoms with Gasteiger partial charge in [0.15, 0.2) is 0 Å². The minimum absolute atomic E-state index is 0.201. The lowest BCUT2D eigenvalue weighted by Crippen LogP contribution is -2.43. The largest absolute Gasteiger partial charge is 0.443 e. The number of carbonyl (C=O) groups is 2. The van der Waals surface area contributed by atoms with E-state index in [1.807, 2.05) is 13.8 Å². The van der Waals surface area contributed by atoms with Gasteiger partial charge in [-0.15, -0.1) is 12.3 Å². The Labute approximate surface area is 181 Å². The molecule has 0 aliphatic carbocycles. The highest BCUT2D eigenvalue weighted by molar-refractivity contribution is 5.89. The number of hydrogen-bond donors (Lipinski definition) is 0. The molecule has 0 saturated carbocycles. The van der Waals surface area contributed by atoms with Gasteiger partial charge in [0.25, 0.3) is 0 Å². The number of nitrogens with zero attached hydrogens (tertiary/aromatic N) is 3. The van der Waals surface area contributed by atoms with Crippen molar-refractivity contribution in [2.45, 2.75) is 105 Å². The van der Waals surface area contributed by atoms with Crippen molar-refractivity contribution in [2.24, 2.45) is 0 Å². The van der Waals surface area contributed by atoms with E-state index in [1.165, 1.54) is 9.47 Å². The highest BCUT2D eigenvalue weighted by Gasteiger charge is 2.32. The minimum Gasteiger partial charge on any atom is -0.443 e. The van der Waals surface area contributed by atoms with Crippen molar-refractivity contribution in [3.8, 4) is 12.3 Å². The minimum atomic E-state index is -0.678. The van der Waals surface area contributed by atoms with Crippen LogP contribution in [0.1, 0.15) is 86.8 Å². The molecule has 0 spiro atoms. The quantitative estimate of drug-likeness (QED) is 0.428. The van der Waals surface area contributed by atoms with E-state index in [1.54, 1.807) is 47.7 Å². The maximum atomic E-state index is 12.9. The fraction of sp³-hybridized carbons (Fsp3) is 0.696. The fourth-order valence-corrected chi connectivity index (χ4v) is 2.70. The molecule has 0 bridgehead atoms. The van der Waals surface area contributed by atoms with Gasteiger partial charge in [-0.2, -0.15) is 0 Å². The lowest BCUT2D eigenvalue weighted by Gasteiger charge is -2.29. The monoisotopic (exact) mass is 419 g/mol. The highest BCUT2D eigenvalue weighted by atomic mass is 16.6. The molecule has 30 heavy (non-hydrogen) atoms. The number of carbonyl (C=O) groups excluding carboxylic acids is 2. The standard InChI is InChI=1S/C23H37N3O4/c1-10-11-12-13-14-15-18-16-25(20(27)29-22(4,5)6)19(24-18)26(17(2)3)21(28)30-23(7,8)9/h1,16-17H,11-15H2,2-9H3. The van der Waals surface area contributed by atoms with Crippen molar-refractivity contribution in [1.29, 1.82) is 0 Å². The Kier molecular flexibility index (Phi) is 8.95.